The Morgan fingerprint density at radius 3 is 2.72 bits per heavy atom. The molecule has 0 aromatic heterocycles. The molecular formula is C15H29NOS. The number of hydrogen-bond acceptors (Lipinski definition) is 3. The van der Waals surface area contributed by atoms with Gasteiger partial charge >= 0.3 is 0 Å². The first-order valence-corrected chi connectivity index (χ1v) is 8.77. The molecule has 2 nitrogen and oxygen atoms in total. The maximum atomic E-state index is 6.19. The van der Waals surface area contributed by atoms with E-state index in [9.17, 15) is 0 Å². The normalized spacial score (nSPS) is 31.2. The SMILES string of the molecule is CCNC(C)C(C)C1CCOC2(CCSCC2)C1. The summed E-state index contributed by atoms with van der Waals surface area (Å²) in [4.78, 5) is 0. The van der Waals surface area contributed by atoms with Crippen molar-refractivity contribution in [3.8, 4) is 0 Å². The van der Waals surface area contributed by atoms with Gasteiger partial charge in [-0.1, -0.05) is 13.8 Å². The average Bonchev–Trinajstić information content (AvgIpc) is 2.39. The minimum atomic E-state index is 0.244. The lowest BCUT2D eigenvalue weighted by Crippen LogP contribution is -2.46. The Hall–Kier alpha value is 0.270. The molecule has 1 spiro atoms. The molecule has 0 saturated carbocycles. The van der Waals surface area contributed by atoms with E-state index in [0.717, 1.165) is 25.0 Å². The van der Waals surface area contributed by atoms with E-state index in [1.807, 2.05) is 0 Å². The summed E-state index contributed by atoms with van der Waals surface area (Å²) in [5.41, 5.74) is 0.244. The molecule has 2 saturated heterocycles. The van der Waals surface area contributed by atoms with E-state index < -0.39 is 0 Å². The van der Waals surface area contributed by atoms with Gasteiger partial charge in [0.05, 0.1) is 5.60 Å². The number of rotatable bonds is 4. The Bertz CT molecular complexity index is 247. The smallest absolute Gasteiger partial charge is 0.0701 e. The Balaban J connectivity index is 1.93. The van der Waals surface area contributed by atoms with Gasteiger partial charge in [-0.25, -0.2) is 0 Å². The molecule has 0 aromatic rings. The van der Waals surface area contributed by atoms with Gasteiger partial charge in [0.1, 0.15) is 0 Å². The Kier molecular flexibility index (Phi) is 5.40. The van der Waals surface area contributed by atoms with E-state index in [0.29, 0.717) is 6.04 Å². The first-order valence-electron chi connectivity index (χ1n) is 7.62. The Labute approximate surface area is 117 Å². The van der Waals surface area contributed by atoms with Crippen molar-refractivity contribution in [3.63, 3.8) is 0 Å². The molecule has 0 amide bonds. The topological polar surface area (TPSA) is 21.3 Å². The molecule has 1 N–H and O–H groups in total. The van der Waals surface area contributed by atoms with Crippen molar-refractivity contribution in [1.29, 1.82) is 0 Å². The second kappa shape index (κ2) is 6.62. The van der Waals surface area contributed by atoms with Crippen LogP contribution in [0.15, 0.2) is 0 Å². The first kappa shape index (κ1) is 14.7. The van der Waals surface area contributed by atoms with Crippen molar-refractivity contribution in [3.05, 3.63) is 0 Å². The fourth-order valence-electron chi connectivity index (χ4n) is 3.52. The van der Waals surface area contributed by atoms with Crippen LogP contribution in [0.5, 0.6) is 0 Å². The first-order chi connectivity index (χ1) is 8.67. The molecule has 2 rings (SSSR count). The Morgan fingerprint density at radius 2 is 2.06 bits per heavy atom. The lowest BCUT2D eigenvalue weighted by Gasteiger charge is -2.45. The van der Waals surface area contributed by atoms with Gasteiger partial charge in [-0.3, -0.25) is 0 Å². The highest BCUT2D eigenvalue weighted by molar-refractivity contribution is 7.99. The van der Waals surface area contributed by atoms with Crippen molar-refractivity contribution in [2.45, 2.75) is 58.1 Å². The van der Waals surface area contributed by atoms with Crippen LogP contribution in [0.3, 0.4) is 0 Å². The van der Waals surface area contributed by atoms with Crippen LogP contribution in [0, 0.1) is 11.8 Å². The highest BCUT2D eigenvalue weighted by Crippen LogP contribution is 2.42. The van der Waals surface area contributed by atoms with Crippen LogP contribution in [-0.2, 0) is 4.74 Å². The van der Waals surface area contributed by atoms with Crippen LogP contribution >= 0.6 is 11.8 Å². The third kappa shape index (κ3) is 3.43. The van der Waals surface area contributed by atoms with Gasteiger partial charge in [0.25, 0.3) is 0 Å². The standard InChI is InChI=1S/C15H29NOS/c1-4-16-13(3)12(2)14-5-8-17-15(11-14)6-9-18-10-7-15/h12-14,16H,4-11H2,1-3H3. The third-order valence-corrected chi connectivity index (χ3v) is 5.98. The lowest BCUT2D eigenvalue weighted by atomic mass is 9.74. The number of thioether (sulfide) groups is 1. The monoisotopic (exact) mass is 271 g/mol. The molecule has 2 aliphatic heterocycles. The van der Waals surface area contributed by atoms with Gasteiger partial charge < -0.3 is 10.1 Å². The van der Waals surface area contributed by atoms with Gasteiger partial charge in [-0.05, 0) is 62.5 Å². The molecule has 18 heavy (non-hydrogen) atoms. The minimum Gasteiger partial charge on any atom is -0.375 e. The van der Waals surface area contributed by atoms with Crippen LogP contribution in [0.1, 0.15) is 46.5 Å². The molecule has 0 radical (unpaired) electrons. The van der Waals surface area contributed by atoms with E-state index >= 15 is 0 Å². The average molecular weight is 271 g/mol. The van der Waals surface area contributed by atoms with Crippen LogP contribution in [0.25, 0.3) is 0 Å². The highest BCUT2D eigenvalue weighted by Gasteiger charge is 2.40. The summed E-state index contributed by atoms with van der Waals surface area (Å²) < 4.78 is 6.19. The second-order valence-corrected chi connectivity index (χ2v) is 7.33. The zero-order valence-corrected chi connectivity index (χ0v) is 13.0. The molecule has 3 unspecified atom stereocenters. The van der Waals surface area contributed by atoms with E-state index in [2.05, 4.69) is 37.8 Å². The molecule has 2 aliphatic rings. The zero-order chi connectivity index (χ0) is 13.0. The van der Waals surface area contributed by atoms with Gasteiger partial charge in [-0.15, -0.1) is 0 Å². The molecule has 2 heterocycles. The van der Waals surface area contributed by atoms with Gasteiger partial charge in [0.2, 0.25) is 0 Å². The summed E-state index contributed by atoms with van der Waals surface area (Å²) >= 11 is 2.09. The molecule has 3 heteroatoms. The van der Waals surface area contributed by atoms with Gasteiger partial charge in [-0.2, -0.15) is 11.8 Å². The molecule has 2 fully saturated rings. The highest BCUT2D eigenvalue weighted by atomic mass is 32.2. The minimum absolute atomic E-state index is 0.244. The summed E-state index contributed by atoms with van der Waals surface area (Å²) in [5.74, 6) is 4.20. The van der Waals surface area contributed by atoms with E-state index in [1.54, 1.807) is 0 Å². The maximum absolute atomic E-state index is 6.19. The Morgan fingerprint density at radius 1 is 1.33 bits per heavy atom. The summed E-state index contributed by atoms with van der Waals surface area (Å²) in [6.07, 6.45) is 5.10. The van der Waals surface area contributed by atoms with Crippen LogP contribution < -0.4 is 5.32 Å². The predicted octanol–water partition coefficient (Wildman–Crippen LogP) is 3.31. The second-order valence-electron chi connectivity index (χ2n) is 6.10. The van der Waals surface area contributed by atoms with Crippen molar-refractivity contribution in [2.75, 3.05) is 24.7 Å². The summed E-state index contributed by atoms with van der Waals surface area (Å²) in [5, 5.41) is 3.59. The number of nitrogens with one attached hydrogen (secondary N) is 1. The largest absolute Gasteiger partial charge is 0.375 e. The fraction of sp³-hybridized carbons (Fsp3) is 1.00. The van der Waals surface area contributed by atoms with Crippen LogP contribution in [0.4, 0.5) is 0 Å². The predicted molar refractivity (Wildman–Crippen MR) is 80.3 cm³/mol. The van der Waals surface area contributed by atoms with Crippen LogP contribution in [0.2, 0.25) is 0 Å². The molecular weight excluding hydrogens is 242 g/mol. The van der Waals surface area contributed by atoms with Crippen molar-refractivity contribution < 1.29 is 4.74 Å². The van der Waals surface area contributed by atoms with E-state index in [-0.39, 0.29) is 5.60 Å². The van der Waals surface area contributed by atoms with Crippen molar-refractivity contribution in [1.82, 2.24) is 5.32 Å². The van der Waals surface area contributed by atoms with Gasteiger partial charge in [0.15, 0.2) is 0 Å². The lowest BCUT2D eigenvalue weighted by molar-refractivity contribution is -0.111. The zero-order valence-electron chi connectivity index (χ0n) is 12.2. The number of hydrogen-bond donors (Lipinski definition) is 1. The maximum Gasteiger partial charge on any atom is 0.0701 e. The molecule has 106 valence electrons. The molecule has 3 atom stereocenters. The molecule has 0 bridgehead atoms. The van der Waals surface area contributed by atoms with E-state index in [1.165, 1.54) is 37.2 Å². The number of ether oxygens (including phenoxy) is 1. The fourth-order valence-corrected chi connectivity index (χ4v) is 4.76. The molecule has 0 aliphatic carbocycles. The van der Waals surface area contributed by atoms with Crippen LogP contribution in [-0.4, -0.2) is 36.3 Å². The third-order valence-electron chi connectivity index (χ3n) is 4.99. The van der Waals surface area contributed by atoms with Gasteiger partial charge in [0, 0.05) is 12.6 Å². The quantitative estimate of drug-likeness (QED) is 0.847. The molecule has 0 aromatic carbocycles. The van der Waals surface area contributed by atoms with Crippen molar-refractivity contribution in [2.24, 2.45) is 11.8 Å². The summed E-state index contributed by atoms with van der Waals surface area (Å²) in [6, 6.07) is 0.633. The summed E-state index contributed by atoms with van der Waals surface area (Å²) in [7, 11) is 0. The van der Waals surface area contributed by atoms with Crippen molar-refractivity contribution >= 4 is 11.8 Å². The van der Waals surface area contributed by atoms with E-state index in [4.69, 9.17) is 4.74 Å². The summed E-state index contributed by atoms with van der Waals surface area (Å²) in [6.45, 7) is 9.03.